The van der Waals surface area contributed by atoms with Crippen molar-refractivity contribution >= 4 is 5.97 Å². The summed E-state index contributed by atoms with van der Waals surface area (Å²) < 4.78 is 12.9. The highest BCUT2D eigenvalue weighted by Gasteiger charge is 2.89. The molecule has 0 aromatic rings. The van der Waals surface area contributed by atoms with Crippen molar-refractivity contribution < 1.29 is 19.4 Å². The van der Waals surface area contributed by atoms with Crippen molar-refractivity contribution in [1.82, 2.24) is 4.90 Å². The number of hydrogen-bond acceptors (Lipinski definition) is 5. The fraction of sp³-hybridized carbons (Fsp3) is 0.875. The summed E-state index contributed by atoms with van der Waals surface area (Å²) in [4.78, 5) is 14.8. The van der Waals surface area contributed by atoms with Crippen molar-refractivity contribution in [3.63, 3.8) is 0 Å². The number of ether oxygens (including phenoxy) is 2. The van der Waals surface area contributed by atoms with E-state index >= 15 is 0 Å². The van der Waals surface area contributed by atoms with E-state index < -0.39 is 0 Å². The van der Waals surface area contributed by atoms with Crippen LogP contribution in [0.3, 0.4) is 0 Å². The molecule has 5 aliphatic carbocycles. The third-order valence-electron chi connectivity index (χ3n) is 11.2. The second kappa shape index (κ2) is 4.94. The quantitative estimate of drug-likeness (QED) is 0.572. The number of aliphatic hydroxyl groups is 1. The van der Waals surface area contributed by atoms with Gasteiger partial charge in [0.2, 0.25) is 0 Å². The molecule has 9 fully saturated rings. The Morgan fingerprint density at radius 2 is 2.17 bits per heavy atom. The number of carbonyl (C=O) groups is 1. The molecule has 5 nitrogen and oxygen atoms in total. The van der Waals surface area contributed by atoms with Crippen LogP contribution in [0.4, 0.5) is 0 Å². The number of fused-ring (bicyclic) bond motifs is 2. The number of rotatable bonds is 2. The SMILES string of the molecule is C=C1[C@@H](OC(C)=O)[C@]23C[C@@H]1[C@@H](O)C[C@H]2[C@@]12C4C3C[C@@H]1[C@@]1(C)CC[C@H]2OC1N4CC. The van der Waals surface area contributed by atoms with Gasteiger partial charge in [0.15, 0.2) is 0 Å². The summed E-state index contributed by atoms with van der Waals surface area (Å²) in [5, 5.41) is 11.2. The topological polar surface area (TPSA) is 59.0 Å². The molecule has 12 atom stereocenters. The van der Waals surface area contributed by atoms with E-state index in [-0.39, 0.29) is 46.6 Å². The van der Waals surface area contributed by atoms with E-state index in [4.69, 9.17) is 9.47 Å². The molecule has 1 N–H and O–H groups in total. The van der Waals surface area contributed by atoms with Crippen LogP contribution in [0.5, 0.6) is 0 Å². The maximum atomic E-state index is 12.1. The lowest BCUT2D eigenvalue weighted by atomic mass is 9.41. The highest BCUT2D eigenvalue weighted by Crippen LogP contribution is 2.86. The first-order valence-corrected chi connectivity index (χ1v) is 11.8. The lowest BCUT2D eigenvalue weighted by Crippen LogP contribution is -2.78. The molecule has 2 spiro atoms. The smallest absolute Gasteiger partial charge is 0.303 e. The number of carbonyl (C=O) groups excluding carboxylic acids is 1. The summed E-state index contributed by atoms with van der Waals surface area (Å²) in [6.45, 7) is 11.7. The van der Waals surface area contributed by atoms with Gasteiger partial charge < -0.3 is 14.6 Å². The second-order valence-electron chi connectivity index (χ2n) is 11.5. The average molecular weight is 400 g/mol. The van der Waals surface area contributed by atoms with Gasteiger partial charge >= 0.3 is 5.97 Å². The van der Waals surface area contributed by atoms with Crippen LogP contribution in [0.1, 0.15) is 52.9 Å². The Kier molecular flexibility index (Phi) is 3.02. The zero-order valence-corrected chi connectivity index (χ0v) is 17.8. The van der Waals surface area contributed by atoms with Crippen LogP contribution in [0, 0.1) is 39.9 Å². The molecule has 9 rings (SSSR count). The summed E-state index contributed by atoms with van der Waals surface area (Å²) in [6.07, 6.45) is 5.35. The van der Waals surface area contributed by atoms with Gasteiger partial charge in [-0.3, -0.25) is 9.69 Å². The van der Waals surface area contributed by atoms with Crippen LogP contribution in [-0.4, -0.2) is 53.1 Å². The average Bonchev–Trinajstić information content (AvgIpc) is 3.22. The Hall–Kier alpha value is -0.910. The van der Waals surface area contributed by atoms with Gasteiger partial charge in [-0.15, -0.1) is 0 Å². The molecule has 29 heavy (non-hydrogen) atoms. The molecule has 0 aromatic heterocycles. The summed E-state index contributed by atoms with van der Waals surface area (Å²) in [7, 11) is 0. The molecule has 4 aliphatic heterocycles. The van der Waals surface area contributed by atoms with Gasteiger partial charge in [-0.25, -0.2) is 0 Å². The number of esters is 1. The Balaban J connectivity index is 1.47. The molecule has 9 aliphatic rings. The summed E-state index contributed by atoms with van der Waals surface area (Å²) in [5.74, 6) is 1.42. The third kappa shape index (κ3) is 1.52. The molecule has 0 aromatic carbocycles. The van der Waals surface area contributed by atoms with E-state index in [9.17, 15) is 9.90 Å². The van der Waals surface area contributed by atoms with Crippen LogP contribution in [-0.2, 0) is 14.3 Å². The van der Waals surface area contributed by atoms with Gasteiger partial charge in [0.1, 0.15) is 12.3 Å². The lowest BCUT2D eigenvalue weighted by Gasteiger charge is -2.73. The molecule has 4 heterocycles. The van der Waals surface area contributed by atoms with Gasteiger partial charge in [-0.05, 0) is 62.0 Å². The predicted molar refractivity (Wildman–Crippen MR) is 106 cm³/mol. The van der Waals surface area contributed by atoms with Crippen LogP contribution in [0.25, 0.3) is 0 Å². The molecular weight excluding hydrogens is 366 g/mol. The van der Waals surface area contributed by atoms with Gasteiger partial charge in [0.05, 0.1) is 12.2 Å². The van der Waals surface area contributed by atoms with Gasteiger partial charge in [0.25, 0.3) is 0 Å². The monoisotopic (exact) mass is 399 g/mol. The van der Waals surface area contributed by atoms with E-state index in [1.807, 2.05) is 0 Å². The minimum Gasteiger partial charge on any atom is -0.457 e. The fourth-order valence-corrected chi connectivity index (χ4v) is 10.8. The van der Waals surface area contributed by atoms with Gasteiger partial charge in [0, 0.05) is 35.1 Å². The minimum atomic E-state index is -0.366. The molecule has 5 saturated carbocycles. The van der Waals surface area contributed by atoms with Crippen molar-refractivity contribution in [1.29, 1.82) is 0 Å². The normalized spacial score (nSPS) is 63.3. The summed E-state index contributed by atoms with van der Waals surface area (Å²) in [5.41, 5.74) is 1.24. The van der Waals surface area contributed by atoms with Crippen molar-refractivity contribution in [2.45, 2.75) is 83.5 Å². The van der Waals surface area contributed by atoms with E-state index in [0.717, 1.165) is 31.4 Å². The van der Waals surface area contributed by atoms with Crippen molar-refractivity contribution in [2.75, 3.05) is 6.54 Å². The number of piperidine rings is 1. The maximum absolute atomic E-state index is 12.1. The largest absolute Gasteiger partial charge is 0.457 e. The molecule has 4 saturated heterocycles. The molecule has 3 unspecified atom stereocenters. The first-order valence-electron chi connectivity index (χ1n) is 11.8. The van der Waals surface area contributed by atoms with E-state index in [1.165, 1.54) is 19.8 Å². The highest BCUT2D eigenvalue weighted by atomic mass is 16.5. The second-order valence-corrected chi connectivity index (χ2v) is 11.5. The Morgan fingerprint density at radius 3 is 2.90 bits per heavy atom. The van der Waals surface area contributed by atoms with Gasteiger partial charge in [-0.1, -0.05) is 20.4 Å². The van der Waals surface area contributed by atoms with Crippen LogP contribution in [0.2, 0.25) is 0 Å². The number of aliphatic hydroxyl groups excluding tert-OH is 1. The third-order valence-corrected chi connectivity index (χ3v) is 11.2. The van der Waals surface area contributed by atoms with Crippen LogP contribution >= 0.6 is 0 Å². The zero-order chi connectivity index (χ0) is 20.1. The van der Waals surface area contributed by atoms with E-state index in [0.29, 0.717) is 29.9 Å². The summed E-state index contributed by atoms with van der Waals surface area (Å²) in [6, 6.07) is 0.509. The molecule has 0 radical (unpaired) electrons. The molecule has 0 amide bonds. The first-order chi connectivity index (χ1) is 13.8. The zero-order valence-electron chi connectivity index (χ0n) is 17.8. The van der Waals surface area contributed by atoms with Crippen LogP contribution < -0.4 is 0 Å². The predicted octanol–water partition coefficient (Wildman–Crippen LogP) is 2.73. The molecule has 5 heteroatoms. The minimum absolute atomic E-state index is 0.0552. The standard InChI is InChI=1S/C24H33NO4/c1-5-25-19-14-8-16-22(4)7-6-18(29-21(22)25)24(16,19)17-9-15(27)13-10-23(14,17)20(11(13)2)28-12(3)26/h13-21,27H,2,5-10H2,1,3-4H3/t13-,14?,15-,16+,17+,18+,19?,20+,21?,22+,23-,24-/m0/s1. The van der Waals surface area contributed by atoms with Crippen molar-refractivity contribution in [3.05, 3.63) is 12.2 Å². The van der Waals surface area contributed by atoms with Crippen molar-refractivity contribution in [2.24, 2.45) is 39.9 Å². The Labute approximate surface area is 172 Å². The number of nitrogens with zero attached hydrogens (tertiary/aromatic N) is 1. The molecule has 9 bridgehead atoms. The first kappa shape index (κ1) is 17.7. The summed E-state index contributed by atoms with van der Waals surface area (Å²) >= 11 is 0. The van der Waals surface area contributed by atoms with Gasteiger partial charge in [-0.2, -0.15) is 0 Å². The van der Waals surface area contributed by atoms with E-state index in [1.54, 1.807) is 0 Å². The van der Waals surface area contributed by atoms with E-state index in [2.05, 4.69) is 25.3 Å². The Bertz CT molecular complexity index is 843. The highest BCUT2D eigenvalue weighted by molar-refractivity contribution is 5.67. The fourth-order valence-electron chi connectivity index (χ4n) is 10.8. The van der Waals surface area contributed by atoms with Crippen molar-refractivity contribution in [3.8, 4) is 0 Å². The van der Waals surface area contributed by atoms with Crippen LogP contribution in [0.15, 0.2) is 12.2 Å². The lowest BCUT2D eigenvalue weighted by molar-refractivity contribution is -0.372. The Morgan fingerprint density at radius 1 is 1.38 bits per heavy atom. The number of hydrogen-bond donors (Lipinski definition) is 1. The molecular formula is C24H33NO4. The molecule has 158 valence electrons. The maximum Gasteiger partial charge on any atom is 0.303 e.